The maximum Gasteiger partial charge on any atom is 0.264 e. The van der Waals surface area contributed by atoms with E-state index in [1.807, 2.05) is 6.92 Å². The van der Waals surface area contributed by atoms with E-state index < -0.39 is 15.8 Å². The molecule has 0 spiro atoms. The van der Waals surface area contributed by atoms with Gasteiger partial charge in [-0.15, -0.1) is 0 Å². The molecule has 0 unspecified atom stereocenters. The molecule has 2 aromatic rings. The van der Waals surface area contributed by atoms with Gasteiger partial charge in [0.25, 0.3) is 10.0 Å². The van der Waals surface area contributed by atoms with Crippen molar-refractivity contribution in [2.45, 2.75) is 56.4 Å². The van der Waals surface area contributed by atoms with Gasteiger partial charge >= 0.3 is 0 Å². The lowest BCUT2D eigenvalue weighted by atomic mass is 10.1. The van der Waals surface area contributed by atoms with Crippen LogP contribution in [-0.2, 0) is 14.8 Å². The second-order valence-electron chi connectivity index (χ2n) is 7.56. The normalized spacial score (nSPS) is 15.5. The van der Waals surface area contributed by atoms with Gasteiger partial charge in [0, 0.05) is 6.04 Å². The molecule has 156 valence electrons. The maximum atomic E-state index is 13.3. The fourth-order valence-electron chi connectivity index (χ4n) is 3.59. The number of hydrogen-bond donors (Lipinski definition) is 1. The summed E-state index contributed by atoms with van der Waals surface area (Å²) in [7, 11) is -4.02. The van der Waals surface area contributed by atoms with Crippen LogP contribution < -0.4 is 9.62 Å². The van der Waals surface area contributed by atoms with E-state index in [1.165, 1.54) is 25.0 Å². The predicted octanol–water partition coefficient (Wildman–Crippen LogP) is 4.17. The molecule has 1 aliphatic carbocycles. The number of anilines is 1. The standard InChI is InChI=1S/C22H27FN2O3S/c1-17-8-12-20(13-9-17)25(29(27,28)21-14-10-18(23)11-15-21)16-22(26)24-19-6-4-2-3-5-7-19/h8-15,19H,2-7,16H2,1H3,(H,24,26). The highest BCUT2D eigenvalue weighted by molar-refractivity contribution is 7.92. The number of carbonyl (C=O) groups excluding carboxylic acids is 1. The van der Waals surface area contributed by atoms with Crippen LogP contribution in [0.2, 0.25) is 0 Å². The highest BCUT2D eigenvalue weighted by Gasteiger charge is 2.28. The lowest BCUT2D eigenvalue weighted by molar-refractivity contribution is -0.120. The molecule has 0 atom stereocenters. The molecule has 1 amide bonds. The molecule has 1 saturated carbocycles. The lowest BCUT2D eigenvalue weighted by Crippen LogP contribution is -2.44. The van der Waals surface area contributed by atoms with Crippen molar-refractivity contribution in [1.82, 2.24) is 5.32 Å². The van der Waals surface area contributed by atoms with E-state index in [4.69, 9.17) is 0 Å². The van der Waals surface area contributed by atoms with E-state index in [0.29, 0.717) is 5.69 Å². The topological polar surface area (TPSA) is 66.5 Å². The molecule has 1 fully saturated rings. The van der Waals surface area contributed by atoms with E-state index in [0.717, 1.165) is 47.7 Å². The molecule has 5 nitrogen and oxygen atoms in total. The van der Waals surface area contributed by atoms with Crippen molar-refractivity contribution in [1.29, 1.82) is 0 Å². The monoisotopic (exact) mass is 418 g/mol. The average Bonchev–Trinajstić information content (AvgIpc) is 2.96. The van der Waals surface area contributed by atoms with Crippen LogP contribution in [0.3, 0.4) is 0 Å². The lowest BCUT2D eigenvalue weighted by Gasteiger charge is -2.25. The number of rotatable bonds is 6. The first-order valence-corrected chi connectivity index (χ1v) is 11.4. The van der Waals surface area contributed by atoms with Crippen molar-refractivity contribution in [3.8, 4) is 0 Å². The minimum absolute atomic E-state index is 0.0539. The van der Waals surface area contributed by atoms with Crippen molar-refractivity contribution in [3.63, 3.8) is 0 Å². The summed E-state index contributed by atoms with van der Waals surface area (Å²) in [5.41, 5.74) is 1.38. The Morgan fingerprint density at radius 2 is 1.59 bits per heavy atom. The molecule has 3 rings (SSSR count). The Hall–Kier alpha value is -2.41. The summed E-state index contributed by atoms with van der Waals surface area (Å²) in [4.78, 5) is 12.7. The second kappa shape index (κ2) is 9.39. The van der Waals surface area contributed by atoms with Gasteiger partial charge in [-0.3, -0.25) is 9.10 Å². The highest BCUT2D eigenvalue weighted by Crippen LogP contribution is 2.24. The predicted molar refractivity (Wildman–Crippen MR) is 112 cm³/mol. The molecule has 1 aliphatic rings. The van der Waals surface area contributed by atoms with Crippen LogP contribution in [0.5, 0.6) is 0 Å². The molecule has 29 heavy (non-hydrogen) atoms. The van der Waals surface area contributed by atoms with Gasteiger partial charge in [-0.05, 0) is 56.2 Å². The maximum absolute atomic E-state index is 13.3. The minimum atomic E-state index is -4.02. The van der Waals surface area contributed by atoms with Gasteiger partial charge in [0.05, 0.1) is 10.6 Å². The Bertz CT molecular complexity index is 920. The van der Waals surface area contributed by atoms with Gasteiger partial charge in [0.1, 0.15) is 12.4 Å². The smallest absolute Gasteiger partial charge is 0.264 e. The van der Waals surface area contributed by atoms with Gasteiger partial charge < -0.3 is 5.32 Å². The number of carbonyl (C=O) groups is 1. The van der Waals surface area contributed by atoms with Crippen LogP contribution in [0, 0.1) is 12.7 Å². The summed E-state index contributed by atoms with van der Waals surface area (Å²) in [6.45, 7) is 1.58. The molecule has 1 N–H and O–H groups in total. The SMILES string of the molecule is Cc1ccc(N(CC(=O)NC2CCCCCC2)S(=O)(=O)c2ccc(F)cc2)cc1. The summed E-state index contributed by atoms with van der Waals surface area (Å²) in [6.07, 6.45) is 6.31. The third kappa shape index (κ3) is 5.56. The van der Waals surface area contributed by atoms with E-state index in [9.17, 15) is 17.6 Å². The number of halogens is 1. The number of aryl methyl sites for hydroxylation is 1. The van der Waals surface area contributed by atoms with Crippen molar-refractivity contribution in [3.05, 3.63) is 59.9 Å². The van der Waals surface area contributed by atoms with Crippen LogP contribution in [-0.4, -0.2) is 26.9 Å². The molecule has 7 heteroatoms. The molecule has 0 heterocycles. The van der Waals surface area contributed by atoms with Crippen LogP contribution in [0.4, 0.5) is 10.1 Å². The Kier molecular flexibility index (Phi) is 6.90. The van der Waals surface area contributed by atoms with Gasteiger partial charge in [-0.25, -0.2) is 12.8 Å². The zero-order chi connectivity index (χ0) is 20.9. The summed E-state index contributed by atoms with van der Waals surface area (Å²) in [6, 6.07) is 11.7. The van der Waals surface area contributed by atoms with E-state index in [1.54, 1.807) is 24.3 Å². The van der Waals surface area contributed by atoms with E-state index in [-0.39, 0.29) is 23.4 Å². The quantitative estimate of drug-likeness (QED) is 0.716. The molecular formula is C22H27FN2O3S. The average molecular weight is 419 g/mol. The number of sulfonamides is 1. The molecule has 0 bridgehead atoms. The molecule has 0 aromatic heterocycles. The summed E-state index contributed by atoms with van der Waals surface area (Å²) in [5.74, 6) is -0.847. The van der Waals surface area contributed by atoms with Crippen LogP contribution >= 0.6 is 0 Å². The van der Waals surface area contributed by atoms with E-state index >= 15 is 0 Å². The number of amides is 1. The summed E-state index contributed by atoms with van der Waals surface area (Å²) >= 11 is 0. The van der Waals surface area contributed by atoms with Crippen molar-refractivity contribution in [2.24, 2.45) is 0 Å². The van der Waals surface area contributed by atoms with Gasteiger partial charge in [-0.2, -0.15) is 0 Å². The second-order valence-corrected chi connectivity index (χ2v) is 9.42. The zero-order valence-electron chi connectivity index (χ0n) is 16.6. The number of nitrogens with one attached hydrogen (secondary N) is 1. The molecule has 2 aromatic carbocycles. The molecule has 0 radical (unpaired) electrons. The van der Waals surface area contributed by atoms with Crippen molar-refractivity contribution in [2.75, 3.05) is 10.8 Å². The van der Waals surface area contributed by atoms with Crippen LogP contribution in [0.15, 0.2) is 53.4 Å². The minimum Gasteiger partial charge on any atom is -0.352 e. The van der Waals surface area contributed by atoms with Crippen LogP contribution in [0.1, 0.15) is 44.1 Å². The Morgan fingerprint density at radius 1 is 1.00 bits per heavy atom. The third-order valence-corrected chi connectivity index (χ3v) is 7.02. The fraction of sp³-hybridized carbons (Fsp3) is 0.409. The van der Waals surface area contributed by atoms with Crippen molar-refractivity contribution >= 4 is 21.6 Å². The molecule has 0 saturated heterocycles. The Labute approximate surface area is 172 Å². The molecule has 0 aliphatic heterocycles. The first kappa shape index (κ1) is 21.3. The first-order chi connectivity index (χ1) is 13.9. The van der Waals surface area contributed by atoms with Gasteiger partial charge in [0.15, 0.2) is 0 Å². The van der Waals surface area contributed by atoms with Gasteiger partial charge in [0.2, 0.25) is 5.91 Å². The van der Waals surface area contributed by atoms with E-state index in [2.05, 4.69) is 5.32 Å². The first-order valence-electron chi connectivity index (χ1n) is 10.0. The Balaban J connectivity index is 1.85. The van der Waals surface area contributed by atoms with Crippen LogP contribution in [0.25, 0.3) is 0 Å². The number of hydrogen-bond acceptors (Lipinski definition) is 3. The summed E-state index contributed by atoms with van der Waals surface area (Å²) < 4.78 is 40.8. The highest BCUT2D eigenvalue weighted by atomic mass is 32.2. The Morgan fingerprint density at radius 3 is 2.17 bits per heavy atom. The number of nitrogens with zero attached hydrogens (tertiary/aromatic N) is 1. The zero-order valence-corrected chi connectivity index (χ0v) is 17.4. The number of benzene rings is 2. The molecular weight excluding hydrogens is 391 g/mol. The third-order valence-electron chi connectivity index (χ3n) is 5.23. The summed E-state index contributed by atoms with van der Waals surface area (Å²) in [5, 5.41) is 3.00. The van der Waals surface area contributed by atoms with Gasteiger partial charge in [-0.1, -0.05) is 43.4 Å². The fourth-order valence-corrected chi connectivity index (χ4v) is 5.01. The largest absolute Gasteiger partial charge is 0.352 e. The van der Waals surface area contributed by atoms with Crippen molar-refractivity contribution < 1.29 is 17.6 Å².